The molecular weight excluding hydrogens is 434 g/mol. The van der Waals surface area contributed by atoms with E-state index in [1.807, 2.05) is 24.3 Å². The molecule has 1 saturated heterocycles. The Labute approximate surface area is 194 Å². The van der Waals surface area contributed by atoms with E-state index < -0.39 is 35.1 Å². The fraction of sp³-hybridized carbons (Fsp3) is 0.192. The molecule has 2 atom stereocenters. The average molecular weight is 453 g/mol. The number of hydrogen-bond donors (Lipinski definition) is 1. The van der Waals surface area contributed by atoms with Crippen molar-refractivity contribution >= 4 is 23.2 Å². The fourth-order valence-corrected chi connectivity index (χ4v) is 6.21. The summed E-state index contributed by atoms with van der Waals surface area (Å²) in [7, 11) is 0. The molecule has 2 amide bonds. The van der Waals surface area contributed by atoms with Crippen LogP contribution in [0.25, 0.3) is 0 Å². The first kappa shape index (κ1) is 20.3. The lowest BCUT2D eigenvalue weighted by molar-refractivity contribution is -0.578. The smallest absolute Gasteiger partial charge is 0.285 e. The Morgan fingerprint density at radius 3 is 2.03 bits per heavy atom. The number of benzene rings is 3. The topological polar surface area (TPSA) is 113 Å². The summed E-state index contributed by atoms with van der Waals surface area (Å²) in [6.45, 7) is 1.63. The van der Waals surface area contributed by atoms with Crippen molar-refractivity contribution in [2.45, 2.75) is 18.4 Å². The van der Waals surface area contributed by atoms with Gasteiger partial charge in [-0.15, -0.1) is 0 Å². The van der Waals surface area contributed by atoms with Gasteiger partial charge in [-0.05, 0) is 35.7 Å². The van der Waals surface area contributed by atoms with E-state index in [0.29, 0.717) is 28.1 Å². The molecular formula is C26H19N3O5. The van der Waals surface area contributed by atoms with E-state index in [0.717, 1.165) is 16.0 Å². The van der Waals surface area contributed by atoms with Crippen LogP contribution in [0.2, 0.25) is 0 Å². The van der Waals surface area contributed by atoms with E-state index in [4.69, 9.17) is 5.21 Å². The molecule has 7 rings (SSSR count). The SMILES string of the molecule is CC(=NO)c1ccc(N2C(=O)[C@@H]3[C@@H](C2=O)C2c4ccccc4C3([N+](=O)[O-])c3ccccc32)cc1. The van der Waals surface area contributed by atoms with Crippen LogP contribution in [0.15, 0.2) is 78.0 Å². The van der Waals surface area contributed by atoms with E-state index in [1.165, 1.54) is 0 Å². The van der Waals surface area contributed by atoms with Gasteiger partial charge >= 0.3 is 0 Å². The minimum Gasteiger partial charge on any atom is -0.411 e. The van der Waals surface area contributed by atoms with Crippen molar-refractivity contribution in [3.8, 4) is 0 Å². The second kappa shape index (κ2) is 6.84. The Kier molecular flexibility index (Phi) is 4.08. The molecule has 0 unspecified atom stereocenters. The maximum Gasteiger partial charge on any atom is 0.285 e. The summed E-state index contributed by atoms with van der Waals surface area (Å²) < 4.78 is 0. The van der Waals surface area contributed by atoms with Gasteiger partial charge < -0.3 is 5.21 Å². The lowest BCUT2D eigenvalue weighted by atomic mass is 9.51. The number of hydrogen-bond acceptors (Lipinski definition) is 6. The summed E-state index contributed by atoms with van der Waals surface area (Å²) in [5.41, 5.74) is 1.94. The summed E-state index contributed by atoms with van der Waals surface area (Å²) >= 11 is 0. The maximum absolute atomic E-state index is 13.9. The number of amides is 2. The van der Waals surface area contributed by atoms with Crippen LogP contribution in [0.3, 0.4) is 0 Å². The van der Waals surface area contributed by atoms with Crippen LogP contribution in [0.5, 0.6) is 0 Å². The van der Waals surface area contributed by atoms with Gasteiger partial charge in [0.2, 0.25) is 11.8 Å². The lowest BCUT2D eigenvalue weighted by Gasteiger charge is -2.48. The molecule has 0 spiro atoms. The molecule has 3 aromatic rings. The third-order valence-corrected chi connectivity index (χ3v) is 7.55. The Morgan fingerprint density at radius 1 is 0.941 bits per heavy atom. The van der Waals surface area contributed by atoms with Gasteiger partial charge in [-0.1, -0.05) is 65.8 Å². The van der Waals surface area contributed by atoms with Gasteiger partial charge in [0.15, 0.2) is 0 Å². The van der Waals surface area contributed by atoms with Gasteiger partial charge in [0.1, 0.15) is 5.92 Å². The minimum atomic E-state index is -1.84. The summed E-state index contributed by atoms with van der Waals surface area (Å²) in [5.74, 6) is -3.46. The Morgan fingerprint density at radius 2 is 1.50 bits per heavy atom. The average Bonchev–Trinajstić information content (AvgIpc) is 3.14. The summed E-state index contributed by atoms with van der Waals surface area (Å²) in [6.07, 6.45) is 0. The number of carbonyl (C=O) groups excluding carboxylic acids is 2. The Balaban J connectivity index is 1.58. The number of imide groups is 1. The van der Waals surface area contributed by atoms with E-state index in [2.05, 4.69) is 5.16 Å². The lowest BCUT2D eigenvalue weighted by Crippen LogP contribution is -2.57. The fourth-order valence-electron chi connectivity index (χ4n) is 6.21. The molecule has 4 aliphatic rings. The van der Waals surface area contributed by atoms with Crippen LogP contribution in [-0.2, 0) is 15.1 Å². The zero-order valence-corrected chi connectivity index (χ0v) is 18.1. The van der Waals surface area contributed by atoms with Crippen LogP contribution in [-0.4, -0.2) is 27.7 Å². The summed E-state index contributed by atoms with van der Waals surface area (Å²) in [6, 6.07) is 20.7. The minimum absolute atomic E-state index is 0.338. The second-order valence-electron chi connectivity index (χ2n) is 8.92. The first-order valence-corrected chi connectivity index (χ1v) is 10.9. The molecule has 2 bridgehead atoms. The van der Waals surface area contributed by atoms with Crippen molar-refractivity contribution in [3.63, 3.8) is 0 Å². The first-order valence-electron chi connectivity index (χ1n) is 10.9. The first-order chi connectivity index (χ1) is 16.4. The predicted octanol–water partition coefficient (Wildman–Crippen LogP) is 3.67. The van der Waals surface area contributed by atoms with E-state index in [1.54, 1.807) is 55.5 Å². The summed E-state index contributed by atoms with van der Waals surface area (Å²) in [4.78, 5) is 41.3. The molecule has 34 heavy (non-hydrogen) atoms. The van der Waals surface area contributed by atoms with Gasteiger partial charge in [0, 0.05) is 22.0 Å². The highest BCUT2D eigenvalue weighted by atomic mass is 16.6. The van der Waals surface area contributed by atoms with E-state index in [-0.39, 0.29) is 4.92 Å². The molecule has 1 heterocycles. The highest BCUT2D eigenvalue weighted by Gasteiger charge is 2.74. The molecule has 1 fully saturated rings. The molecule has 3 aromatic carbocycles. The molecule has 0 aromatic heterocycles. The van der Waals surface area contributed by atoms with Crippen molar-refractivity contribution in [1.82, 2.24) is 0 Å². The van der Waals surface area contributed by atoms with Crippen LogP contribution < -0.4 is 4.90 Å². The molecule has 0 radical (unpaired) electrons. The molecule has 8 heteroatoms. The normalized spacial score (nSPS) is 26.8. The molecule has 8 nitrogen and oxygen atoms in total. The second-order valence-corrected chi connectivity index (χ2v) is 8.92. The van der Waals surface area contributed by atoms with Crippen LogP contribution in [0.4, 0.5) is 5.69 Å². The zero-order valence-electron chi connectivity index (χ0n) is 18.1. The van der Waals surface area contributed by atoms with Crippen molar-refractivity contribution in [2.75, 3.05) is 4.90 Å². The molecule has 168 valence electrons. The highest BCUT2D eigenvalue weighted by molar-refractivity contribution is 6.23. The van der Waals surface area contributed by atoms with Crippen LogP contribution in [0, 0.1) is 22.0 Å². The molecule has 0 saturated carbocycles. The Hall–Kier alpha value is -4.33. The van der Waals surface area contributed by atoms with Crippen molar-refractivity contribution in [1.29, 1.82) is 0 Å². The molecule has 1 aliphatic heterocycles. The van der Waals surface area contributed by atoms with Crippen LogP contribution >= 0.6 is 0 Å². The number of carbonyl (C=O) groups is 2. The van der Waals surface area contributed by atoms with Gasteiger partial charge in [0.05, 0.1) is 17.3 Å². The quantitative estimate of drug-likeness (QED) is 0.214. The van der Waals surface area contributed by atoms with E-state index >= 15 is 0 Å². The predicted molar refractivity (Wildman–Crippen MR) is 122 cm³/mol. The number of nitro groups is 1. The van der Waals surface area contributed by atoms with Crippen molar-refractivity contribution in [2.24, 2.45) is 17.0 Å². The monoisotopic (exact) mass is 453 g/mol. The molecule has 3 aliphatic carbocycles. The van der Waals surface area contributed by atoms with Gasteiger partial charge in [-0.2, -0.15) is 0 Å². The number of anilines is 1. The standard InChI is InChI=1S/C26H19N3O5/c1-14(27-32)15-10-12-16(13-11-15)28-24(30)22-21-17-6-2-4-8-19(17)26(29(33)34,23(22)25(28)31)20-9-5-3-7-18(20)21/h2-13,21-23,32H,1H3/t21?,22-,23-,26?/m0/s1. The van der Waals surface area contributed by atoms with Crippen LogP contribution in [0.1, 0.15) is 40.7 Å². The largest absolute Gasteiger partial charge is 0.411 e. The van der Waals surface area contributed by atoms with Gasteiger partial charge in [-0.25, -0.2) is 4.90 Å². The third kappa shape index (κ3) is 2.24. The van der Waals surface area contributed by atoms with Crippen molar-refractivity contribution in [3.05, 3.63) is 111 Å². The number of rotatable bonds is 3. The third-order valence-electron chi connectivity index (χ3n) is 7.55. The highest BCUT2D eigenvalue weighted by Crippen LogP contribution is 2.64. The van der Waals surface area contributed by atoms with Crippen molar-refractivity contribution < 1.29 is 19.7 Å². The maximum atomic E-state index is 13.9. The van der Waals surface area contributed by atoms with E-state index in [9.17, 15) is 19.7 Å². The Bertz CT molecular complexity index is 1380. The number of nitrogens with zero attached hydrogens (tertiary/aromatic N) is 3. The summed E-state index contributed by atoms with van der Waals surface area (Å²) in [5, 5.41) is 25.1. The van der Waals surface area contributed by atoms with Gasteiger partial charge in [-0.3, -0.25) is 19.7 Å². The molecule has 1 N–H and O–H groups in total. The zero-order chi connectivity index (χ0) is 23.8. The van der Waals surface area contributed by atoms with Gasteiger partial charge in [0.25, 0.3) is 5.54 Å². The number of oxime groups is 1.